The van der Waals surface area contributed by atoms with E-state index in [2.05, 4.69) is 15.4 Å². The molecule has 1 aliphatic rings. The molecule has 3 aromatic carbocycles. The number of sulfonamides is 1. The van der Waals surface area contributed by atoms with Gasteiger partial charge in [-0.25, -0.2) is 8.42 Å². The fraction of sp³-hybridized carbons (Fsp3) is 0.231. The Morgan fingerprint density at radius 2 is 1.51 bits per heavy atom. The van der Waals surface area contributed by atoms with Crippen molar-refractivity contribution in [2.24, 2.45) is 0 Å². The molecule has 35 heavy (non-hydrogen) atoms. The van der Waals surface area contributed by atoms with E-state index in [9.17, 15) is 18.0 Å². The Morgan fingerprint density at radius 3 is 2.17 bits per heavy atom. The van der Waals surface area contributed by atoms with Crippen molar-refractivity contribution in [3.05, 3.63) is 89.5 Å². The van der Waals surface area contributed by atoms with Gasteiger partial charge in [-0.15, -0.1) is 0 Å². The number of amides is 2. The van der Waals surface area contributed by atoms with Crippen molar-refractivity contribution in [1.29, 1.82) is 0 Å². The lowest BCUT2D eigenvalue weighted by molar-refractivity contribution is 0.0858. The number of benzene rings is 3. The van der Waals surface area contributed by atoms with Crippen LogP contribution >= 0.6 is 0 Å². The second-order valence-corrected chi connectivity index (χ2v) is 9.99. The third kappa shape index (κ3) is 6.06. The molecule has 1 atom stereocenters. The number of hydrogen-bond donors (Lipinski definition) is 3. The number of para-hydroxylation sites is 2. The van der Waals surface area contributed by atoms with Crippen LogP contribution in [0.25, 0.3) is 0 Å². The summed E-state index contributed by atoms with van der Waals surface area (Å²) in [5.74, 6) is -0.878. The summed E-state index contributed by atoms with van der Waals surface area (Å²) < 4.78 is 33.8. The zero-order valence-corrected chi connectivity index (χ0v) is 20.1. The van der Waals surface area contributed by atoms with Gasteiger partial charge in [0.25, 0.3) is 21.8 Å². The molecule has 1 fully saturated rings. The predicted molar refractivity (Wildman–Crippen MR) is 134 cm³/mol. The van der Waals surface area contributed by atoms with E-state index >= 15 is 0 Å². The van der Waals surface area contributed by atoms with Gasteiger partial charge < -0.3 is 15.4 Å². The van der Waals surface area contributed by atoms with Crippen LogP contribution in [0.5, 0.6) is 0 Å². The molecule has 2 amide bonds. The lowest BCUT2D eigenvalue weighted by atomic mass is 10.1. The van der Waals surface area contributed by atoms with Crippen LogP contribution in [0, 0.1) is 6.92 Å². The van der Waals surface area contributed by atoms with Crippen molar-refractivity contribution in [1.82, 2.24) is 5.32 Å². The van der Waals surface area contributed by atoms with E-state index in [1.54, 1.807) is 48.5 Å². The molecule has 182 valence electrons. The molecule has 0 radical (unpaired) electrons. The molecule has 0 saturated carbocycles. The van der Waals surface area contributed by atoms with E-state index in [-0.39, 0.29) is 28.2 Å². The Bertz CT molecular complexity index is 1320. The number of ether oxygens (including phenoxy) is 1. The Morgan fingerprint density at radius 1 is 0.886 bits per heavy atom. The molecule has 4 rings (SSSR count). The van der Waals surface area contributed by atoms with Crippen LogP contribution in [0.2, 0.25) is 0 Å². The lowest BCUT2D eigenvalue weighted by Gasteiger charge is -2.15. The maximum atomic E-state index is 13.1. The summed E-state index contributed by atoms with van der Waals surface area (Å²) in [6.07, 6.45) is 1.86. The minimum Gasteiger partial charge on any atom is -0.376 e. The van der Waals surface area contributed by atoms with Gasteiger partial charge in [0.05, 0.1) is 33.5 Å². The highest BCUT2D eigenvalue weighted by molar-refractivity contribution is 7.92. The number of rotatable bonds is 8. The van der Waals surface area contributed by atoms with Gasteiger partial charge in [-0.1, -0.05) is 42.0 Å². The molecule has 1 saturated heterocycles. The third-order valence-corrected chi connectivity index (χ3v) is 7.06. The fourth-order valence-corrected chi connectivity index (χ4v) is 4.86. The smallest absolute Gasteiger partial charge is 0.261 e. The average Bonchev–Trinajstić information content (AvgIpc) is 3.37. The van der Waals surface area contributed by atoms with E-state index in [1.807, 2.05) is 6.92 Å². The first-order chi connectivity index (χ1) is 16.8. The van der Waals surface area contributed by atoms with Gasteiger partial charge >= 0.3 is 0 Å². The zero-order chi connectivity index (χ0) is 24.8. The third-order valence-electron chi connectivity index (χ3n) is 5.68. The summed E-state index contributed by atoms with van der Waals surface area (Å²) in [5.41, 5.74) is 1.81. The number of anilines is 2. The van der Waals surface area contributed by atoms with Gasteiger partial charge in [-0.05, 0) is 56.2 Å². The normalized spacial score (nSPS) is 15.4. The monoisotopic (exact) mass is 493 g/mol. The molecule has 3 N–H and O–H groups in total. The molecule has 1 heterocycles. The topological polar surface area (TPSA) is 114 Å². The Hall–Kier alpha value is -3.69. The lowest BCUT2D eigenvalue weighted by Crippen LogP contribution is -2.32. The van der Waals surface area contributed by atoms with Gasteiger partial charge in [-0.2, -0.15) is 0 Å². The molecule has 0 aromatic heterocycles. The minimum absolute atomic E-state index is 0.00543. The standard InChI is InChI=1S/C26H27N3O5S/c1-18-12-14-20(15-13-18)35(32,33)29-24-11-5-3-9-22(24)26(31)28-23-10-4-2-8-21(23)25(30)27-17-19-7-6-16-34-19/h2-5,8-15,19,29H,6-7,16-17H2,1H3,(H,27,30)(H,28,31)/t19-/m0/s1. The van der Waals surface area contributed by atoms with Gasteiger partial charge in [-0.3, -0.25) is 14.3 Å². The van der Waals surface area contributed by atoms with Gasteiger partial charge in [0.2, 0.25) is 0 Å². The van der Waals surface area contributed by atoms with Crippen molar-refractivity contribution in [3.8, 4) is 0 Å². The highest BCUT2D eigenvalue weighted by Crippen LogP contribution is 2.23. The van der Waals surface area contributed by atoms with Crippen molar-refractivity contribution >= 4 is 33.2 Å². The van der Waals surface area contributed by atoms with E-state index in [0.29, 0.717) is 24.4 Å². The molecule has 0 bridgehead atoms. The van der Waals surface area contributed by atoms with Crippen molar-refractivity contribution in [2.75, 3.05) is 23.2 Å². The number of carbonyl (C=O) groups excluding carboxylic acids is 2. The van der Waals surface area contributed by atoms with Crippen molar-refractivity contribution in [2.45, 2.75) is 30.8 Å². The van der Waals surface area contributed by atoms with Gasteiger partial charge in [0.1, 0.15) is 0 Å². The first-order valence-electron chi connectivity index (χ1n) is 11.3. The Balaban J connectivity index is 1.51. The number of carbonyl (C=O) groups is 2. The molecule has 3 aromatic rings. The van der Waals surface area contributed by atoms with Crippen LogP contribution in [-0.2, 0) is 14.8 Å². The predicted octanol–water partition coefficient (Wildman–Crippen LogP) is 3.96. The summed E-state index contributed by atoms with van der Waals surface area (Å²) in [6.45, 7) is 2.95. The maximum Gasteiger partial charge on any atom is 0.261 e. The maximum absolute atomic E-state index is 13.1. The molecule has 0 aliphatic carbocycles. The molecule has 0 spiro atoms. The van der Waals surface area contributed by atoms with Gasteiger partial charge in [0, 0.05) is 13.2 Å². The second kappa shape index (κ2) is 10.7. The molecular weight excluding hydrogens is 466 g/mol. The SMILES string of the molecule is Cc1ccc(S(=O)(=O)Nc2ccccc2C(=O)Nc2ccccc2C(=O)NC[C@@H]2CCCO2)cc1. The van der Waals surface area contributed by atoms with E-state index in [1.165, 1.54) is 24.3 Å². The first kappa shape index (κ1) is 24.4. The number of hydrogen-bond acceptors (Lipinski definition) is 5. The fourth-order valence-electron chi connectivity index (χ4n) is 3.78. The summed E-state index contributed by atoms with van der Waals surface area (Å²) >= 11 is 0. The van der Waals surface area contributed by atoms with Crippen molar-refractivity contribution < 1.29 is 22.7 Å². The summed E-state index contributed by atoms with van der Waals surface area (Å²) in [4.78, 5) is 26.0. The Labute approximate surface area is 204 Å². The van der Waals surface area contributed by atoms with E-state index in [0.717, 1.165) is 18.4 Å². The number of aryl methyl sites for hydroxylation is 1. The van der Waals surface area contributed by atoms with Crippen molar-refractivity contribution in [3.63, 3.8) is 0 Å². The van der Waals surface area contributed by atoms with Crippen LogP contribution in [-0.4, -0.2) is 39.5 Å². The number of nitrogens with one attached hydrogen (secondary N) is 3. The van der Waals surface area contributed by atoms with E-state index in [4.69, 9.17) is 4.74 Å². The summed E-state index contributed by atoms with van der Waals surface area (Å²) in [6, 6.07) is 19.4. The van der Waals surface area contributed by atoms with Crippen LogP contribution in [0.1, 0.15) is 39.1 Å². The second-order valence-electron chi connectivity index (χ2n) is 8.31. The zero-order valence-electron chi connectivity index (χ0n) is 19.3. The quantitative estimate of drug-likeness (QED) is 0.440. The molecule has 1 aliphatic heterocycles. The van der Waals surface area contributed by atoms with E-state index < -0.39 is 15.9 Å². The molecular formula is C26H27N3O5S. The Kier molecular flexibility index (Phi) is 7.48. The van der Waals surface area contributed by atoms with Crippen LogP contribution in [0.15, 0.2) is 77.7 Å². The molecule has 0 unspecified atom stereocenters. The van der Waals surface area contributed by atoms with Crippen LogP contribution in [0.3, 0.4) is 0 Å². The van der Waals surface area contributed by atoms with Gasteiger partial charge in [0.15, 0.2) is 0 Å². The highest BCUT2D eigenvalue weighted by Gasteiger charge is 2.21. The highest BCUT2D eigenvalue weighted by atomic mass is 32.2. The summed E-state index contributed by atoms with van der Waals surface area (Å²) in [7, 11) is -3.90. The molecule has 8 nitrogen and oxygen atoms in total. The van der Waals surface area contributed by atoms with Crippen LogP contribution < -0.4 is 15.4 Å². The summed E-state index contributed by atoms with van der Waals surface area (Å²) in [5, 5.41) is 5.60. The average molecular weight is 494 g/mol. The van der Waals surface area contributed by atoms with Crippen LogP contribution in [0.4, 0.5) is 11.4 Å². The minimum atomic E-state index is -3.90. The first-order valence-corrected chi connectivity index (χ1v) is 12.8. The largest absolute Gasteiger partial charge is 0.376 e. The molecule has 9 heteroatoms.